The lowest BCUT2D eigenvalue weighted by Gasteiger charge is -2.20. The van der Waals surface area contributed by atoms with Crippen molar-refractivity contribution in [1.82, 2.24) is 15.1 Å². The number of fused-ring (bicyclic) bond motifs is 1. The molecule has 9 heteroatoms. The predicted octanol–water partition coefficient (Wildman–Crippen LogP) is 4.61. The fourth-order valence-corrected chi connectivity index (χ4v) is 4.84. The minimum Gasteiger partial charge on any atom is -0.422 e. The van der Waals surface area contributed by atoms with E-state index in [2.05, 4.69) is 10.4 Å². The van der Waals surface area contributed by atoms with Crippen LogP contribution in [0.4, 0.5) is 0 Å². The number of nitrogens with one attached hydrogen (secondary N) is 1. The lowest BCUT2D eigenvalue weighted by Crippen LogP contribution is -2.22. The third kappa shape index (κ3) is 4.87. The number of hydrogen-bond acceptors (Lipinski definition) is 5. The van der Waals surface area contributed by atoms with Gasteiger partial charge in [-0.05, 0) is 29.8 Å². The molecule has 0 saturated heterocycles. The van der Waals surface area contributed by atoms with Crippen molar-refractivity contribution in [2.75, 3.05) is 0 Å². The van der Waals surface area contributed by atoms with Crippen LogP contribution in [0.15, 0.2) is 106 Å². The van der Waals surface area contributed by atoms with Gasteiger partial charge >= 0.3 is 13.2 Å². The summed E-state index contributed by atoms with van der Waals surface area (Å²) in [5, 5.41) is 8.23. The van der Waals surface area contributed by atoms with Gasteiger partial charge in [0.2, 0.25) is 0 Å². The Kier molecular flexibility index (Phi) is 6.19. The van der Waals surface area contributed by atoms with Crippen LogP contribution in [0, 0.1) is 0 Å². The first-order chi connectivity index (χ1) is 16.9. The zero-order valence-corrected chi connectivity index (χ0v) is 19.4. The summed E-state index contributed by atoms with van der Waals surface area (Å²) >= 11 is 0. The van der Waals surface area contributed by atoms with E-state index in [0.717, 1.165) is 5.56 Å². The van der Waals surface area contributed by atoms with Crippen molar-refractivity contribution in [3.8, 4) is 16.9 Å². The molecular weight excluding hydrogens is 465 g/mol. The van der Waals surface area contributed by atoms with Gasteiger partial charge in [0.15, 0.2) is 0 Å². The normalized spacial score (nSPS) is 12.6. The summed E-state index contributed by atoms with van der Waals surface area (Å²) in [6, 6.07) is 27.1. The van der Waals surface area contributed by atoms with Crippen molar-refractivity contribution in [3.05, 3.63) is 119 Å². The number of aromatic nitrogens is 2. The zero-order chi connectivity index (χ0) is 24.4. The lowest BCUT2D eigenvalue weighted by atomic mass is 10.1. The molecule has 3 N–H and O–H groups in total. The van der Waals surface area contributed by atoms with Gasteiger partial charge in [0.25, 0.3) is 0 Å². The highest BCUT2D eigenvalue weighted by molar-refractivity contribution is 7.52. The van der Waals surface area contributed by atoms with E-state index < -0.39 is 19.0 Å². The quantitative estimate of drug-likeness (QED) is 0.227. The maximum atomic E-state index is 13.0. The van der Waals surface area contributed by atoms with Crippen LogP contribution in [0.1, 0.15) is 16.9 Å². The van der Waals surface area contributed by atoms with Gasteiger partial charge in [-0.3, -0.25) is 9.88 Å². The van der Waals surface area contributed by atoms with Crippen molar-refractivity contribution in [2.45, 2.75) is 12.3 Å². The molecule has 0 aliphatic heterocycles. The first-order valence-corrected chi connectivity index (χ1v) is 12.6. The van der Waals surface area contributed by atoms with Crippen LogP contribution in [0.5, 0.6) is 0 Å². The molecule has 0 bridgehead atoms. The summed E-state index contributed by atoms with van der Waals surface area (Å²) in [4.78, 5) is 33.6. The van der Waals surface area contributed by atoms with Crippen molar-refractivity contribution in [1.29, 1.82) is 0 Å². The van der Waals surface area contributed by atoms with E-state index in [1.54, 1.807) is 30.5 Å². The molecule has 3 aromatic carbocycles. The van der Waals surface area contributed by atoms with Gasteiger partial charge in [-0.15, -0.1) is 0 Å². The smallest absolute Gasteiger partial charge is 0.346 e. The van der Waals surface area contributed by atoms with Crippen molar-refractivity contribution in [2.24, 2.45) is 0 Å². The molecular formula is C26H22N3O5P. The van der Waals surface area contributed by atoms with E-state index in [1.807, 2.05) is 66.7 Å². The molecule has 0 saturated carbocycles. The Labute approximate surface area is 200 Å². The maximum absolute atomic E-state index is 13.0. The van der Waals surface area contributed by atoms with Crippen LogP contribution in [0.3, 0.4) is 0 Å². The van der Waals surface area contributed by atoms with E-state index >= 15 is 0 Å². The second kappa shape index (κ2) is 9.44. The average molecular weight is 487 g/mol. The van der Waals surface area contributed by atoms with Gasteiger partial charge < -0.3 is 14.2 Å². The molecule has 8 nitrogen and oxygen atoms in total. The molecule has 0 aliphatic rings. The molecule has 5 aromatic rings. The van der Waals surface area contributed by atoms with Crippen molar-refractivity contribution < 1.29 is 18.8 Å². The molecule has 2 heterocycles. The molecule has 2 aromatic heterocycles. The summed E-state index contributed by atoms with van der Waals surface area (Å²) in [7, 11) is -4.72. The van der Waals surface area contributed by atoms with E-state index in [1.165, 1.54) is 4.68 Å². The Morgan fingerprint density at radius 1 is 0.943 bits per heavy atom. The highest BCUT2D eigenvalue weighted by atomic mass is 31.2. The molecule has 1 atom stereocenters. The van der Waals surface area contributed by atoms with Gasteiger partial charge in [0.05, 0.1) is 11.3 Å². The van der Waals surface area contributed by atoms with E-state index in [9.17, 15) is 19.1 Å². The Morgan fingerprint density at radius 3 is 2.31 bits per heavy atom. The molecule has 1 unspecified atom stereocenters. The van der Waals surface area contributed by atoms with Gasteiger partial charge in [0, 0.05) is 23.7 Å². The number of benzene rings is 3. The van der Waals surface area contributed by atoms with Crippen molar-refractivity contribution >= 4 is 18.6 Å². The Hall–Kier alpha value is -3.81. The lowest BCUT2D eigenvalue weighted by molar-refractivity contribution is 0.347. The second-order valence-electron chi connectivity index (χ2n) is 8.06. The summed E-state index contributed by atoms with van der Waals surface area (Å²) in [6.07, 6.45) is 1.54. The number of nitrogens with zero attached hydrogens (tertiary/aromatic N) is 2. The minimum absolute atomic E-state index is 0.119. The first kappa shape index (κ1) is 23.0. The number of hydrogen-bond donors (Lipinski definition) is 3. The highest BCUT2D eigenvalue weighted by Crippen LogP contribution is 2.52. The van der Waals surface area contributed by atoms with E-state index in [4.69, 9.17) is 4.42 Å². The third-order valence-electron chi connectivity index (χ3n) is 5.63. The van der Waals surface area contributed by atoms with Crippen LogP contribution in [-0.4, -0.2) is 19.6 Å². The molecule has 0 spiro atoms. The Bertz CT molecular complexity index is 1580. The average Bonchev–Trinajstić information content (AvgIpc) is 3.29. The van der Waals surface area contributed by atoms with Crippen LogP contribution >= 0.6 is 7.60 Å². The number of rotatable bonds is 7. The van der Waals surface area contributed by atoms with Crippen LogP contribution in [0.2, 0.25) is 0 Å². The van der Waals surface area contributed by atoms with Gasteiger partial charge in [-0.2, -0.15) is 5.10 Å². The molecule has 0 aliphatic carbocycles. The fourth-order valence-electron chi connectivity index (χ4n) is 3.96. The third-order valence-corrected chi connectivity index (χ3v) is 6.77. The molecule has 5 rings (SSSR count). The monoisotopic (exact) mass is 487 g/mol. The summed E-state index contributed by atoms with van der Waals surface area (Å²) in [6.45, 7) is 0.207. The second-order valence-corrected chi connectivity index (χ2v) is 9.75. The fraction of sp³-hybridized carbons (Fsp3) is 0.0769. The summed E-state index contributed by atoms with van der Waals surface area (Å²) in [5.41, 5.74) is 1.76. The van der Waals surface area contributed by atoms with Crippen LogP contribution in [0.25, 0.3) is 27.9 Å². The zero-order valence-electron chi connectivity index (χ0n) is 18.5. The summed E-state index contributed by atoms with van der Waals surface area (Å²) in [5.74, 6) is -1.40. The van der Waals surface area contributed by atoms with Crippen LogP contribution < -0.4 is 10.9 Å². The topological polar surface area (TPSA) is 118 Å². The minimum atomic E-state index is -4.72. The van der Waals surface area contributed by atoms with Crippen LogP contribution in [-0.2, 0) is 11.1 Å². The standard InChI is InChI=1S/C26H22N3O5P/c30-26-21(15-19-11-7-8-14-23(19)34-26)24-22(17-29(28-24)20-12-5-2-6-13-20)25(35(31,32)33)27-16-18-9-3-1-4-10-18/h1-15,17,25,27H,16H2,(H2,31,32,33). The first-order valence-electron chi connectivity index (χ1n) is 10.9. The SMILES string of the molecule is O=c1oc2ccccc2cc1-c1nn(-c2ccccc2)cc1C(NCc1ccccc1)P(=O)(O)O. The van der Waals surface area contributed by atoms with Gasteiger partial charge in [-0.25, -0.2) is 9.48 Å². The summed E-state index contributed by atoms with van der Waals surface area (Å²) < 4.78 is 19.7. The van der Waals surface area contributed by atoms with Crippen molar-refractivity contribution in [3.63, 3.8) is 0 Å². The van der Waals surface area contributed by atoms with E-state index in [-0.39, 0.29) is 23.4 Å². The van der Waals surface area contributed by atoms with E-state index in [0.29, 0.717) is 16.7 Å². The molecule has 0 amide bonds. The highest BCUT2D eigenvalue weighted by Gasteiger charge is 2.35. The maximum Gasteiger partial charge on any atom is 0.346 e. The Balaban J connectivity index is 1.67. The Morgan fingerprint density at radius 2 is 1.60 bits per heavy atom. The predicted molar refractivity (Wildman–Crippen MR) is 133 cm³/mol. The molecule has 0 radical (unpaired) electrons. The van der Waals surface area contributed by atoms with Gasteiger partial charge in [-0.1, -0.05) is 66.7 Å². The van der Waals surface area contributed by atoms with Gasteiger partial charge in [0.1, 0.15) is 17.1 Å². The molecule has 0 fully saturated rings. The largest absolute Gasteiger partial charge is 0.422 e. The number of para-hydroxylation sites is 2. The molecule has 176 valence electrons. The molecule has 35 heavy (non-hydrogen) atoms.